The number of nitrogens with zero attached hydrogens (tertiary/aromatic N) is 2. The Labute approximate surface area is 171 Å². The van der Waals surface area contributed by atoms with Gasteiger partial charge in [0.2, 0.25) is 5.91 Å². The number of aromatic nitrogens is 2. The fourth-order valence-corrected chi connectivity index (χ4v) is 4.00. The molecule has 4 rings (SSSR count). The van der Waals surface area contributed by atoms with Crippen LogP contribution in [0.3, 0.4) is 0 Å². The summed E-state index contributed by atoms with van der Waals surface area (Å²) in [6.07, 6.45) is 2.85. The van der Waals surface area contributed by atoms with E-state index in [4.69, 9.17) is 4.98 Å². The third-order valence-electron chi connectivity index (χ3n) is 5.99. The first-order chi connectivity index (χ1) is 13.9. The second kappa shape index (κ2) is 7.87. The first kappa shape index (κ1) is 19.5. The van der Waals surface area contributed by atoms with Crippen LogP contribution in [0.5, 0.6) is 0 Å². The number of imidazole rings is 1. The molecule has 1 atom stereocenters. The average Bonchev–Trinajstić information content (AvgIpc) is 3.31. The van der Waals surface area contributed by atoms with Crippen molar-refractivity contribution >= 4 is 22.9 Å². The Balaban J connectivity index is 1.66. The molecule has 0 unspecified atom stereocenters. The highest BCUT2D eigenvalue weighted by atomic mass is 16.1. The normalized spacial score (nSPS) is 16.3. The van der Waals surface area contributed by atoms with Gasteiger partial charge in [-0.3, -0.25) is 4.79 Å². The number of rotatable bonds is 5. The highest BCUT2D eigenvalue weighted by Gasteiger charge is 2.23. The SMILES string of the molecule is Cc1cccc(C)c1CNc1cc(NC(=O)[C@H]2CCNC2)cn2c(C)c(C)nc12. The molecule has 0 spiro atoms. The first-order valence-corrected chi connectivity index (χ1v) is 10.2. The Kier molecular flexibility index (Phi) is 5.28. The molecule has 0 radical (unpaired) electrons. The largest absolute Gasteiger partial charge is 0.378 e. The van der Waals surface area contributed by atoms with Gasteiger partial charge in [-0.05, 0) is 63.4 Å². The molecule has 3 heterocycles. The summed E-state index contributed by atoms with van der Waals surface area (Å²) in [5, 5.41) is 9.92. The Morgan fingerprint density at radius 1 is 1.24 bits per heavy atom. The molecule has 0 bridgehead atoms. The van der Waals surface area contributed by atoms with Crippen LogP contribution in [0.2, 0.25) is 0 Å². The summed E-state index contributed by atoms with van der Waals surface area (Å²) in [7, 11) is 0. The smallest absolute Gasteiger partial charge is 0.228 e. The van der Waals surface area contributed by atoms with Crippen molar-refractivity contribution in [1.82, 2.24) is 14.7 Å². The number of pyridine rings is 1. The number of hydrogen-bond donors (Lipinski definition) is 3. The van der Waals surface area contributed by atoms with Crippen molar-refractivity contribution in [3.05, 3.63) is 58.5 Å². The molecule has 3 N–H and O–H groups in total. The molecule has 152 valence electrons. The van der Waals surface area contributed by atoms with E-state index < -0.39 is 0 Å². The Morgan fingerprint density at radius 2 is 2.00 bits per heavy atom. The van der Waals surface area contributed by atoms with E-state index in [2.05, 4.69) is 59.3 Å². The van der Waals surface area contributed by atoms with Crippen LogP contribution in [-0.2, 0) is 11.3 Å². The quantitative estimate of drug-likeness (QED) is 0.620. The number of carbonyl (C=O) groups excluding carboxylic acids is 1. The van der Waals surface area contributed by atoms with E-state index in [0.717, 1.165) is 47.9 Å². The van der Waals surface area contributed by atoms with Gasteiger partial charge in [0, 0.05) is 25.0 Å². The average molecular weight is 392 g/mol. The van der Waals surface area contributed by atoms with Crippen LogP contribution in [0.25, 0.3) is 5.65 Å². The number of hydrogen-bond acceptors (Lipinski definition) is 4. The summed E-state index contributed by atoms with van der Waals surface area (Å²) < 4.78 is 2.06. The molecule has 1 amide bonds. The van der Waals surface area contributed by atoms with E-state index in [1.165, 1.54) is 16.7 Å². The van der Waals surface area contributed by atoms with Gasteiger partial charge >= 0.3 is 0 Å². The number of nitrogens with one attached hydrogen (secondary N) is 3. The minimum Gasteiger partial charge on any atom is -0.378 e. The van der Waals surface area contributed by atoms with Crippen molar-refractivity contribution in [1.29, 1.82) is 0 Å². The zero-order valence-corrected chi connectivity index (χ0v) is 17.6. The van der Waals surface area contributed by atoms with Gasteiger partial charge < -0.3 is 20.4 Å². The third kappa shape index (κ3) is 3.85. The standard InChI is InChI=1S/C23H29N5O/c1-14-6-5-7-15(2)20(14)12-25-21-10-19(27-23(29)18-8-9-24-11-18)13-28-17(4)16(3)26-22(21)28/h5-7,10,13,18,24-25H,8-9,11-12H2,1-4H3,(H,27,29)/t18-/m0/s1. The molecule has 1 aliphatic heterocycles. The van der Waals surface area contributed by atoms with Gasteiger partial charge in [-0.25, -0.2) is 4.98 Å². The van der Waals surface area contributed by atoms with E-state index in [9.17, 15) is 4.79 Å². The van der Waals surface area contributed by atoms with Gasteiger partial charge in [0.1, 0.15) is 0 Å². The van der Waals surface area contributed by atoms with Crippen molar-refractivity contribution in [2.75, 3.05) is 23.7 Å². The third-order valence-corrected chi connectivity index (χ3v) is 5.99. The van der Waals surface area contributed by atoms with Gasteiger partial charge in [-0.15, -0.1) is 0 Å². The summed E-state index contributed by atoms with van der Waals surface area (Å²) in [5.74, 6) is 0.104. The maximum absolute atomic E-state index is 12.6. The van der Waals surface area contributed by atoms with Crippen molar-refractivity contribution < 1.29 is 4.79 Å². The second-order valence-electron chi connectivity index (χ2n) is 8.02. The van der Waals surface area contributed by atoms with E-state index in [1.807, 2.05) is 19.2 Å². The number of carbonyl (C=O) groups is 1. The molecule has 1 aromatic carbocycles. The van der Waals surface area contributed by atoms with Crippen LogP contribution in [0.1, 0.15) is 34.5 Å². The Hall–Kier alpha value is -2.86. The second-order valence-corrected chi connectivity index (χ2v) is 8.02. The van der Waals surface area contributed by atoms with Crippen LogP contribution in [-0.4, -0.2) is 28.4 Å². The van der Waals surface area contributed by atoms with Crippen LogP contribution in [0, 0.1) is 33.6 Å². The highest BCUT2D eigenvalue weighted by Crippen LogP contribution is 2.26. The van der Waals surface area contributed by atoms with Gasteiger partial charge in [-0.1, -0.05) is 18.2 Å². The summed E-state index contributed by atoms with van der Waals surface area (Å²) in [4.78, 5) is 17.4. The molecule has 1 aliphatic rings. The molecule has 6 nitrogen and oxygen atoms in total. The van der Waals surface area contributed by atoms with Crippen molar-refractivity contribution in [3.63, 3.8) is 0 Å². The predicted octanol–water partition coefficient (Wildman–Crippen LogP) is 3.73. The van der Waals surface area contributed by atoms with Crippen LogP contribution in [0.15, 0.2) is 30.5 Å². The highest BCUT2D eigenvalue weighted by molar-refractivity contribution is 5.94. The van der Waals surface area contributed by atoms with E-state index >= 15 is 0 Å². The first-order valence-electron chi connectivity index (χ1n) is 10.2. The predicted molar refractivity (Wildman–Crippen MR) is 118 cm³/mol. The lowest BCUT2D eigenvalue weighted by Gasteiger charge is -2.15. The van der Waals surface area contributed by atoms with Gasteiger partial charge in [0.15, 0.2) is 5.65 Å². The molecule has 1 saturated heterocycles. The van der Waals surface area contributed by atoms with Crippen molar-refractivity contribution in [3.8, 4) is 0 Å². The molecular formula is C23H29N5O. The van der Waals surface area contributed by atoms with Crippen LogP contribution >= 0.6 is 0 Å². The molecule has 0 saturated carbocycles. The summed E-state index contributed by atoms with van der Waals surface area (Å²) in [5.41, 5.74) is 8.48. The van der Waals surface area contributed by atoms with Crippen LogP contribution in [0.4, 0.5) is 11.4 Å². The summed E-state index contributed by atoms with van der Waals surface area (Å²) in [6, 6.07) is 8.35. The van der Waals surface area contributed by atoms with E-state index in [-0.39, 0.29) is 11.8 Å². The van der Waals surface area contributed by atoms with Crippen molar-refractivity contribution in [2.24, 2.45) is 5.92 Å². The van der Waals surface area contributed by atoms with Crippen molar-refractivity contribution in [2.45, 2.75) is 40.7 Å². The number of amides is 1. The lowest BCUT2D eigenvalue weighted by Crippen LogP contribution is -2.24. The number of benzene rings is 1. The van der Waals surface area contributed by atoms with Crippen LogP contribution < -0.4 is 16.0 Å². The molecule has 6 heteroatoms. The van der Waals surface area contributed by atoms with Gasteiger partial charge in [-0.2, -0.15) is 0 Å². The summed E-state index contributed by atoms with van der Waals surface area (Å²) in [6.45, 7) is 10.7. The number of anilines is 2. The fourth-order valence-electron chi connectivity index (χ4n) is 4.00. The Bertz CT molecular complexity index is 1040. The molecule has 1 fully saturated rings. The molecule has 3 aromatic rings. The Morgan fingerprint density at radius 3 is 2.69 bits per heavy atom. The zero-order valence-electron chi connectivity index (χ0n) is 17.6. The molecule has 0 aliphatic carbocycles. The summed E-state index contributed by atoms with van der Waals surface area (Å²) >= 11 is 0. The number of aryl methyl sites for hydroxylation is 4. The van der Waals surface area contributed by atoms with E-state index in [0.29, 0.717) is 6.54 Å². The fraction of sp³-hybridized carbons (Fsp3) is 0.391. The maximum Gasteiger partial charge on any atom is 0.228 e. The molecule has 29 heavy (non-hydrogen) atoms. The maximum atomic E-state index is 12.6. The lowest BCUT2D eigenvalue weighted by molar-refractivity contribution is -0.119. The van der Waals surface area contributed by atoms with Gasteiger partial charge in [0.25, 0.3) is 0 Å². The lowest BCUT2D eigenvalue weighted by atomic mass is 10.0. The number of fused-ring (bicyclic) bond motifs is 1. The minimum atomic E-state index is 0.0299. The monoisotopic (exact) mass is 391 g/mol. The molecule has 2 aromatic heterocycles. The zero-order chi connectivity index (χ0) is 20.5. The van der Waals surface area contributed by atoms with E-state index in [1.54, 1.807) is 0 Å². The minimum absolute atomic E-state index is 0.0299. The van der Waals surface area contributed by atoms with Gasteiger partial charge in [0.05, 0.1) is 23.0 Å². The topological polar surface area (TPSA) is 70.5 Å². The molecular weight excluding hydrogens is 362 g/mol.